The zero-order chi connectivity index (χ0) is 10.9. The lowest BCUT2D eigenvalue weighted by Gasteiger charge is -2.03. The van der Waals surface area contributed by atoms with Crippen molar-refractivity contribution < 1.29 is 17.4 Å². The van der Waals surface area contributed by atoms with E-state index in [2.05, 4.69) is 0 Å². The highest BCUT2D eigenvalue weighted by molar-refractivity contribution is 7.59. The maximum atomic E-state index is 8.44. The normalized spacial score (nSPS) is 9.69. The van der Waals surface area contributed by atoms with Crippen LogP contribution in [0.2, 0.25) is 0 Å². The van der Waals surface area contributed by atoms with E-state index in [4.69, 9.17) is 63.8 Å². The van der Waals surface area contributed by atoms with Gasteiger partial charge in [0.05, 0.1) is 13.2 Å². The van der Waals surface area contributed by atoms with Crippen LogP contribution in [-0.4, -0.2) is 35.5 Å². The third kappa shape index (κ3) is 32.3. The van der Waals surface area contributed by atoms with Crippen molar-refractivity contribution in [2.24, 2.45) is 0 Å². The summed E-state index contributed by atoms with van der Waals surface area (Å²) in [6.45, 7) is 0.526. The molecule has 0 radical (unpaired) electrons. The molecule has 0 saturated heterocycles. The Kier molecular flexibility index (Phi) is 13.5. The molecule has 9 heteroatoms. The summed E-state index contributed by atoms with van der Waals surface area (Å²) in [6.07, 6.45) is 0. The molecule has 0 fully saturated rings. The van der Waals surface area contributed by atoms with Crippen LogP contribution in [0, 0.1) is 0 Å². The molecule has 0 unspecified atom stereocenters. The summed E-state index contributed by atoms with van der Waals surface area (Å²) in [5.41, 5.74) is 0. The van der Waals surface area contributed by atoms with Crippen molar-refractivity contribution in [2.45, 2.75) is 9.67 Å². The maximum Gasteiger partial charge on any atom is 0.425 e. The lowest BCUT2D eigenvalue weighted by Crippen LogP contribution is -2.07. The number of hydrogen-bond acceptors (Lipinski definition) is 4. The van der Waals surface area contributed by atoms with Crippen molar-refractivity contribution in [2.75, 3.05) is 13.2 Å². The second-order valence-corrected chi connectivity index (χ2v) is 4.49. The molecule has 0 aromatic carbocycles. The number of hydrogen-bond donors (Lipinski definition) is 0. The molecule has 0 aliphatic carbocycles. The molecule has 0 aromatic rings. The van der Waals surface area contributed by atoms with Crippen LogP contribution in [0.25, 0.3) is 0 Å². The van der Waals surface area contributed by atoms with E-state index in [-0.39, 0.29) is 13.2 Å². The topological polar surface area (TPSA) is 60.4 Å². The summed E-state index contributed by atoms with van der Waals surface area (Å²) in [5, 5.41) is 0. The smallest absolute Gasteiger partial charge is 0.376 e. The highest BCUT2D eigenvalue weighted by atomic mass is 35.5. The van der Waals surface area contributed by atoms with Gasteiger partial charge < -0.3 is 4.74 Å². The highest BCUT2D eigenvalue weighted by Crippen LogP contribution is 2.05. The molecule has 0 rings (SSSR count). The maximum absolute atomic E-state index is 8.44. The average molecular weight is 292 g/mol. The molecule has 4 nitrogen and oxygen atoms in total. The summed E-state index contributed by atoms with van der Waals surface area (Å²) in [7, 11) is -3.11. The Labute approximate surface area is 97.1 Å². The highest BCUT2D eigenvalue weighted by Gasteiger charge is 2.01. The fourth-order valence-corrected chi connectivity index (χ4v) is 0.603. The summed E-state index contributed by atoms with van der Waals surface area (Å²) >= 11 is 21.3. The van der Waals surface area contributed by atoms with Crippen molar-refractivity contribution in [1.29, 1.82) is 0 Å². The summed E-state index contributed by atoms with van der Waals surface area (Å²) in [5.74, 6) is 0. The Hall–Kier alpha value is 0.740. The Morgan fingerprint density at radius 3 is 1.31 bits per heavy atom. The van der Waals surface area contributed by atoms with Gasteiger partial charge in [-0.1, -0.05) is 0 Å². The molecular weight excluding hydrogens is 286 g/mol. The average Bonchev–Trinajstić information content (AvgIpc) is 1.83. The molecule has 0 aliphatic heterocycles. The quantitative estimate of drug-likeness (QED) is 0.738. The Balaban J connectivity index is 0. The van der Waals surface area contributed by atoms with Gasteiger partial charge in [-0.2, -0.15) is 0 Å². The van der Waals surface area contributed by atoms with Gasteiger partial charge in [0.1, 0.15) is 9.67 Å². The van der Waals surface area contributed by atoms with Crippen LogP contribution in [0.4, 0.5) is 0 Å². The van der Waals surface area contributed by atoms with Crippen molar-refractivity contribution in [1.82, 2.24) is 0 Å². The fraction of sp³-hybridized carbons (Fsp3) is 1.00. The molecule has 0 aliphatic rings. The minimum Gasteiger partial charge on any atom is -0.376 e. The first kappa shape index (κ1) is 16.2. The monoisotopic (exact) mass is 290 g/mol. The Bertz CT molecular complexity index is 184. The Morgan fingerprint density at radius 2 is 1.15 bits per heavy atom. The van der Waals surface area contributed by atoms with E-state index < -0.39 is 20.3 Å². The van der Waals surface area contributed by atoms with Gasteiger partial charge in [0.2, 0.25) is 0 Å². The van der Waals surface area contributed by atoms with E-state index in [0.29, 0.717) is 0 Å². The first-order valence-corrected chi connectivity index (χ1v) is 5.51. The predicted molar refractivity (Wildman–Crippen MR) is 51.5 cm³/mol. The fourth-order valence-electron chi connectivity index (χ4n) is 0.246. The van der Waals surface area contributed by atoms with E-state index in [1.807, 2.05) is 0 Å². The van der Waals surface area contributed by atoms with Gasteiger partial charge >= 0.3 is 10.6 Å². The summed E-state index contributed by atoms with van der Waals surface area (Å²) in [4.78, 5) is -1.01. The third-order valence-corrected chi connectivity index (χ3v) is 0.992. The van der Waals surface area contributed by atoms with Gasteiger partial charge in [-0.05, 0) is 0 Å². The molecule has 0 atom stereocenters. The molecule has 0 N–H and O–H groups in total. The second-order valence-electron chi connectivity index (χ2n) is 1.52. The lowest BCUT2D eigenvalue weighted by atomic mass is 10.8. The molecule has 80 valence electrons. The van der Waals surface area contributed by atoms with Crippen LogP contribution in [-0.2, 0) is 15.3 Å². The van der Waals surface area contributed by atoms with Crippen molar-refractivity contribution in [3.8, 4) is 0 Å². The van der Waals surface area contributed by atoms with Crippen molar-refractivity contribution >= 4 is 57.0 Å². The van der Waals surface area contributed by atoms with Crippen molar-refractivity contribution in [3.63, 3.8) is 0 Å². The minimum absolute atomic E-state index is 0.263. The molecule has 0 amide bonds. The van der Waals surface area contributed by atoms with Gasteiger partial charge in [-0.3, -0.25) is 0 Å². The van der Waals surface area contributed by atoms with Gasteiger partial charge in [0, 0.05) is 0 Å². The van der Waals surface area contributed by atoms with E-state index >= 15 is 0 Å². The number of alkyl halides is 4. The number of rotatable bonds is 4. The molecule has 13 heavy (non-hydrogen) atoms. The van der Waals surface area contributed by atoms with Gasteiger partial charge in [-0.15, -0.1) is 59.0 Å². The van der Waals surface area contributed by atoms with E-state index in [1.54, 1.807) is 0 Å². The number of ether oxygens (including phenoxy) is 1. The van der Waals surface area contributed by atoms with Crippen molar-refractivity contribution in [3.05, 3.63) is 0 Å². The van der Waals surface area contributed by atoms with Crippen LogP contribution in [0.5, 0.6) is 0 Å². The van der Waals surface area contributed by atoms with E-state index in [1.165, 1.54) is 0 Å². The zero-order valence-corrected chi connectivity index (χ0v) is 9.96. The SMILES string of the molecule is ClC(Cl)COCC(Cl)Cl.O=S(=O)=O. The standard InChI is InChI=1S/C4H6Cl4O.O3S/c5-3(6)1-9-2-4(7)8;1-4(2)3/h3-4H,1-2H2;. The van der Waals surface area contributed by atoms with Crippen LogP contribution in [0.15, 0.2) is 0 Å². The Morgan fingerprint density at radius 1 is 0.923 bits per heavy atom. The predicted octanol–water partition coefficient (Wildman–Crippen LogP) is 1.61. The van der Waals surface area contributed by atoms with Crippen LogP contribution >= 0.6 is 46.4 Å². The summed E-state index contributed by atoms with van der Waals surface area (Å²) < 4.78 is 30.2. The van der Waals surface area contributed by atoms with Crippen LogP contribution < -0.4 is 0 Å². The molecule has 0 aromatic heterocycles. The van der Waals surface area contributed by atoms with Crippen LogP contribution in [0.1, 0.15) is 0 Å². The molecular formula is C4H6Cl4O4S. The lowest BCUT2D eigenvalue weighted by molar-refractivity contribution is 0.155. The third-order valence-electron chi connectivity index (χ3n) is 0.488. The summed E-state index contributed by atoms with van der Waals surface area (Å²) in [6, 6.07) is 0. The molecule has 0 saturated carbocycles. The van der Waals surface area contributed by atoms with E-state index in [0.717, 1.165) is 0 Å². The van der Waals surface area contributed by atoms with Gasteiger partial charge in [0.15, 0.2) is 0 Å². The first-order valence-electron chi connectivity index (χ1n) is 2.77. The molecule has 0 bridgehead atoms. The molecule has 0 heterocycles. The van der Waals surface area contributed by atoms with Gasteiger partial charge in [-0.25, -0.2) is 0 Å². The van der Waals surface area contributed by atoms with Gasteiger partial charge in [0.25, 0.3) is 0 Å². The zero-order valence-electron chi connectivity index (χ0n) is 6.12. The van der Waals surface area contributed by atoms with Crippen LogP contribution in [0.3, 0.4) is 0 Å². The first-order chi connectivity index (χ1) is 5.86. The van der Waals surface area contributed by atoms with E-state index in [9.17, 15) is 0 Å². The molecule has 0 spiro atoms. The number of halogens is 4. The second kappa shape index (κ2) is 10.8. The minimum atomic E-state index is -3.11. The largest absolute Gasteiger partial charge is 0.425 e.